The Labute approximate surface area is 160 Å². The second kappa shape index (κ2) is 9.77. The number of rotatable bonds is 7. The number of nitrogens with zero attached hydrogens (tertiary/aromatic N) is 1. The molecule has 0 aromatic heterocycles. The van der Waals surface area contributed by atoms with Crippen molar-refractivity contribution in [1.29, 1.82) is 0 Å². The monoisotopic (exact) mass is 451 g/mol. The zero-order valence-electron chi connectivity index (χ0n) is 14.5. The van der Waals surface area contributed by atoms with Crippen LogP contribution in [0.3, 0.4) is 0 Å². The third-order valence-corrected chi connectivity index (χ3v) is 3.47. The summed E-state index contributed by atoms with van der Waals surface area (Å²) in [5.41, 5.74) is -0.249. The molecule has 0 fully saturated rings. The van der Waals surface area contributed by atoms with E-state index in [4.69, 9.17) is 18.9 Å². The van der Waals surface area contributed by atoms with Gasteiger partial charge in [-0.15, -0.1) is 24.0 Å². The third kappa shape index (κ3) is 6.23. The number of nitrogens with one attached hydrogen (secondary N) is 2. The number of halogens is 1. The van der Waals surface area contributed by atoms with Crippen LogP contribution in [0.2, 0.25) is 0 Å². The summed E-state index contributed by atoms with van der Waals surface area (Å²) in [7, 11) is 3.42. The number of methoxy groups -OCH3 is 1. The first-order valence-corrected chi connectivity index (χ1v) is 7.56. The van der Waals surface area contributed by atoms with Gasteiger partial charge in [0.2, 0.25) is 6.79 Å². The summed E-state index contributed by atoms with van der Waals surface area (Å²) >= 11 is 0. The van der Waals surface area contributed by atoms with Gasteiger partial charge in [0.05, 0.1) is 12.1 Å². The maximum atomic E-state index is 5.69. The molecule has 0 atom stereocenters. The van der Waals surface area contributed by atoms with E-state index in [0.717, 1.165) is 17.2 Å². The molecule has 1 heterocycles. The first kappa shape index (κ1) is 20.6. The second-order valence-corrected chi connectivity index (χ2v) is 5.68. The Morgan fingerprint density at radius 2 is 2.00 bits per heavy atom. The Morgan fingerprint density at radius 3 is 2.71 bits per heavy atom. The van der Waals surface area contributed by atoms with Crippen molar-refractivity contribution < 1.29 is 18.9 Å². The van der Waals surface area contributed by atoms with Crippen LogP contribution in [0.25, 0.3) is 0 Å². The highest BCUT2D eigenvalue weighted by Gasteiger charge is 2.16. The van der Waals surface area contributed by atoms with E-state index in [-0.39, 0.29) is 36.4 Å². The maximum Gasteiger partial charge on any atom is 0.231 e. The summed E-state index contributed by atoms with van der Waals surface area (Å²) in [6, 6.07) is 5.54. The van der Waals surface area contributed by atoms with Gasteiger partial charge in [0.15, 0.2) is 17.5 Å². The minimum absolute atomic E-state index is 0. The summed E-state index contributed by atoms with van der Waals surface area (Å²) < 4.78 is 21.6. The second-order valence-electron chi connectivity index (χ2n) is 5.68. The Balaban J connectivity index is 0.00000288. The first-order chi connectivity index (χ1) is 11.0. The van der Waals surface area contributed by atoms with Gasteiger partial charge in [0.1, 0.15) is 12.4 Å². The fourth-order valence-electron chi connectivity index (χ4n) is 1.89. The highest BCUT2D eigenvalue weighted by atomic mass is 127. The number of aliphatic imine (C=N–C) groups is 1. The van der Waals surface area contributed by atoms with Crippen molar-refractivity contribution >= 4 is 29.9 Å². The lowest BCUT2D eigenvalue weighted by Crippen LogP contribution is -2.46. The molecule has 7 nitrogen and oxygen atoms in total. The quantitative estimate of drug-likeness (QED) is 0.286. The molecule has 0 amide bonds. The molecule has 8 heteroatoms. The van der Waals surface area contributed by atoms with Crippen LogP contribution in [0.4, 0.5) is 0 Å². The minimum Gasteiger partial charge on any atom is -0.492 e. The van der Waals surface area contributed by atoms with Crippen LogP contribution >= 0.6 is 24.0 Å². The van der Waals surface area contributed by atoms with Gasteiger partial charge in [-0.05, 0) is 26.0 Å². The Hall–Kier alpha value is -1.42. The molecular formula is C16H26IN3O4. The van der Waals surface area contributed by atoms with Crippen molar-refractivity contribution in [2.45, 2.75) is 19.4 Å². The van der Waals surface area contributed by atoms with E-state index < -0.39 is 0 Å². The van der Waals surface area contributed by atoms with Crippen LogP contribution in [0.1, 0.15) is 13.8 Å². The zero-order chi connectivity index (χ0) is 16.7. The van der Waals surface area contributed by atoms with Crippen LogP contribution in [-0.2, 0) is 4.74 Å². The van der Waals surface area contributed by atoms with E-state index >= 15 is 0 Å². The van der Waals surface area contributed by atoms with Crippen LogP contribution < -0.4 is 24.8 Å². The van der Waals surface area contributed by atoms with Gasteiger partial charge >= 0.3 is 0 Å². The third-order valence-electron chi connectivity index (χ3n) is 3.47. The molecule has 0 saturated carbocycles. The van der Waals surface area contributed by atoms with Crippen LogP contribution in [0.15, 0.2) is 23.2 Å². The van der Waals surface area contributed by atoms with Crippen molar-refractivity contribution in [1.82, 2.24) is 10.6 Å². The van der Waals surface area contributed by atoms with Gasteiger partial charge in [-0.2, -0.15) is 0 Å². The van der Waals surface area contributed by atoms with Crippen molar-refractivity contribution in [3.63, 3.8) is 0 Å². The van der Waals surface area contributed by atoms with E-state index in [9.17, 15) is 0 Å². The lowest BCUT2D eigenvalue weighted by atomic mass is 10.1. The van der Waals surface area contributed by atoms with Gasteiger partial charge < -0.3 is 29.6 Å². The van der Waals surface area contributed by atoms with Gasteiger partial charge in [0, 0.05) is 26.8 Å². The molecule has 24 heavy (non-hydrogen) atoms. The molecule has 0 unspecified atom stereocenters. The van der Waals surface area contributed by atoms with Crippen molar-refractivity contribution in [2.24, 2.45) is 4.99 Å². The zero-order valence-corrected chi connectivity index (χ0v) is 16.9. The predicted molar refractivity (Wildman–Crippen MR) is 104 cm³/mol. The van der Waals surface area contributed by atoms with Crippen LogP contribution in [0, 0.1) is 0 Å². The molecule has 1 aliphatic rings. The SMILES string of the molecule is CN=C(NCCOc1ccc2c(c1)OCO2)NCC(C)(C)OC.I. The molecule has 2 N–H and O–H groups in total. The summed E-state index contributed by atoms with van der Waals surface area (Å²) in [5, 5.41) is 6.41. The van der Waals surface area contributed by atoms with E-state index in [1.807, 2.05) is 32.0 Å². The normalized spacial score (nSPS) is 13.2. The van der Waals surface area contributed by atoms with E-state index in [1.165, 1.54) is 0 Å². The average molecular weight is 451 g/mol. The van der Waals surface area contributed by atoms with E-state index in [0.29, 0.717) is 25.7 Å². The number of benzene rings is 1. The van der Waals surface area contributed by atoms with Gasteiger partial charge in [-0.1, -0.05) is 0 Å². The fourth-order valence-corrected chi connectivity index (χ4v) is 1.89. The molecule has 0 radical (unpaired) electrons. The fraction of sp³-hybridized carbons (Fsp3) is 0.562. The molecule has 0 aliphatic carbocycles. The van der Waals surface area contributed by atoms with Gasteiger partial charge in [0.25, 0.3) is 0 Å². The van der Waals surface area contributed by atoms with E-state index in [1.54, 1.807) is 14.2 Å². The van der Waals surface area contributed by atoms with Crippen molar-refractivity contribution in [3.8, 4) is 17.2 Å². The number of hydrogen-bond acceptors (Lipinski definition) is 5. The molecule has 0 saturated heterocycles. The van der Waals surface area contributed by atoms with Crippen molar-refractivity contribution in [3.05, 3.63) is 18.2 Å². The topological polar surface area (TPSA) is 73.3 Å². The minimum atomic E-state index is -0.249. The first-order valence-electron chi connectivity index (χ1n) is 7.56. The molecule has 1 aromatic carbocycles. The maximum absolute atomic E-state index is 5.69. The molecule has 0 spiro atoms. The summed E-state index contributed by atoms with van der Waals surface area (Å²) in [6.45, 7) is 6.08. The molecule has 1 aliphatic heterocycles. The van der Waals surface area contributed by atoms with Crippen LogP contribution in [-0.4, -0.2) is 52.2 Å². The largest absolute Gasteiger partial charge is 0.492 e. The molecule has 0 bridgehead atoms. The lowest BCUT2D eigenvalue weighted by molar-refractivity contribution is 0.0268. The summed E-state index contributed by atoms with van der Waals surface area (Å²) in [6.07, 6.45) is 0. The van der Waals surface area contributed by atoms with Gasteiger partial charge in [-0.3, -0.25) is 4.99 Å². The average Bonchev–Trinajstić information content (AvgIpc) is 3.02. The predicted octanol–water partition coefficient (Wildman–Crippen LogP) is 2.00. The smallest absolute Gasteiger partial charge is 0.231 e. The highest BCUT2D eigenvalue weighted by molar-refractivity contribution is 14.0. The Kier molecular flexibility index (Phi) is 8.40. The number of ether oxygens (including phenoxy) is 4. The lowest BCUT2D eigenvalue weighted by Gasteiger charge is -2.24. The molecular weight excluding hydrogens is 425 g/mol. The van der Waals surface area contributed by atoms with E-state index in [2.05, 4.69) is 15.6 Å². The van der Waals surface area contributed by atoms with Crippen LogP contribution in [0.5, 0.6) is 17.2 Å². The Morgan fingerprint density at radius 1 is 1.25 bits per heavy atom. The molecule has 1 aromatic rings. The Bertz CT molecular complexity index is 552. The number of hydrogen-bond donors (Lipinski definition) is 2. The number of fused-ring (bicyclic) bond motifs is 1. The van der Waals surface area contributed by atoms with Crippen molar-refractivity contribution in [2.75, 3.05) is 40.6 Å². The molecule has 2 rings (SSSR count). The number of guanidine groups is 1. The summed E-state index contributed by atoms with van der Waals surface area (Å²) in [4.78, 5) is 4.16. The highest BCUT2D eigenvalue weighted by Crippen LogP contribution is 2.34. The van der Waals surface area contributed by atoms with Gasteiger partial charge in [-0.25, -0.2) is 0 Å². The summed E-state index contributed by atoms with van der Waals surface area (Å²) in [5.74, 6) is 2.93. The molecule has 136 valence electrons. The standard InChI is InChI=1S/C16H25N3O4.HI/c1-16(2,20-4)10-19-15(17-3)18-7-8-21-12-5-6-13-14(9-12)23-11-22-13;/h5-6,9H,7-8,10-11H2,1-4H3,(H2,17,18,19);1H.